The first-order valence-electron chi connectivity index (χ1n) is 10.8. The van der Waals surface area contributed by atoms with Crippen LogP contribution in [0.15, 0.2) is 30.5 Å². The molecule has 1 unspecified atom stereocenters. The van der Waals surface area contributed by atoms with E-state index < -0.39 is 6.35 Å². The number of aromatic nitrogens is 2. The molecule has 1 atom stereocenters. The molecule has 168 valence electrons. The van der Waals surface area contributed by atoms with E-state index >= 15 is 0 Å². The summed E-state index contributed by atoms with van der Waals surface area (Å²) in [4.78, 5) is 13.0. The molecule has 0 radical (unpaired) electrons. The van der Waals surface area contributed by atoms with E-state index in [1.54, 1.807) is 13.3 Å². The summed E-state index contributed by atoms with van der Waals surface area (Å²) in [6, 6.07) is 8.79. The fourth-order valence-corrected chi connectivity index (χ4v) is 3.90. The average Bonchev–Trinajstić information content (AvgIpc) is 3.39. The van der Waals surface area contributed by atoms with Crippen LogP contribution in [0.1, 0.15) is 24.0 Å². The normalized spacial score (nSPS) is 18.3. The van der Waals surface area contributed by atoms with Crippen molar-refractivity contribution in [1.29, 1.82) is 0 Å². The molecule has 1 aromatic carbocycles. The van der Waals surface area contributed by atoms with Gasteiger partial charge in [0, 0.05) is 20.2 Å². The molecule has 0 spiro atoms. The number of fused-ring (bicyclic) bond motifs is 1. The fraction of sp³-hybridized carbons (Fsp3) is 0.545. The summed E-state index contributed by atoms with van der Waals surface area (Å²) in [6.45, 7) is 5.68. The molecule has 9 heteroatoms. The first-order valence-corrected chi connectivity index (χ1v) is 10.8. The lowest BCUT2D eigenvalue weighted by Gasteiger charge is -2.22. The van der Waals surface area contributed by atoms with Crippen molar-refractivity contribution in [2.75, 3.05) is 56.8 Å². The molecule has 1 saturated heterocycles. The van der Waals surface area contributed by atoms with Crippen LogP contribution in [0.2, 0.25) is 0 Å². The Hall–Kier alpha value is -2.46. The Morgan fingerprint density at radius 2 is 1.87 bits per heavy atom. The van der Waals surface area contributed by atoms with Crippen molar-refractivity contribution in [2.24, 2.45) is 0 Å². The minimum absolute atomic E-state index is 0.262. The third-order valence-electron chi connectivity index (χ3n) is 5.44. The van der Waals surface area contributed by atoms with Crippen LogP contribution in [-0.4, -0.2) is 73.0 Å². The Bertz CT molecular complexity index is 846. The molecular weight excluding hydrogens is 398 g/mol. The van der Waals surface area contributed by atoms with E-state index in [-0.39, 0.29) is 6.01 Å². The number of likely N-dealkylation sites (tertiary alicyclic amines) is 1. The van der Waals surface area contributed by atoms with Crippen molar-refractivity contribution in [3.8, 4) is 6.01 Å². The number of anilines is 2. The molecule has 0 saturated carbocycles. The Kier molecular flexibility index (Phi) is 7.52. The van der Waals surface area contributed by atoms with Gasteiger partial charge in [0.05, 0.1) is 31.7 Å². The molecule has 31 heavy (non-hydrogen) atoms. The zero-order valence-electron chi connectivity index (χ0n) is 18.0. The van der Waals surface area contributed by atoms with Gasteiger partial charge in [0.25, 0.3) is 0 Å². The molecule has 1 fully saturated rings. The number of benzene rings is 1. The second-order valence-electron chi connectivity index (χ2n) is 7.79. The smallest absolute Gasteiger partial charge is 0.318 e. The number of hydrogen-bond acceptors (Lipinski definition) is 9. The Balaban J connectivity index is 1.37. The van der Waals surface area contributed by atoms with Gasteiger partial charge in [-0.05, 0) is 37.1 Å². The van der Waals surface area contributed by atoms with Gasteiger partial charge < -0.3 is 29.5 Å². The molecule has 0 aliphatic carbocycles. The Morgan fingerprint density at radius 3 is 2.68 bits per heavy atom. The van der Waals surface area contributed by atoms with Gasteiger partial charge in [-0.25, -0.2) is 4.98 Å². The van der Waals surface area contributed by atoms with E-state index in [0.717, 1.165) is 12.1 Å². The second kappa shape index (κ2) is 10.7. The first kappa shape index (κ1) is 21.8. The van der Waals surface area contributed by atoms with Crippen molar-refractivity contribution in [1.82, 2.24) is 14.9 Å². The van der Waals surface area contributed by atoms with E-state index in [1.807, 2.05) is 4.90 Å². The van der Waals surface area contributed by atoms with Crippen LogP contribution in [0.3, 0.4) is 0 Å². The van der Waals surface area contributed by atoms with E-state index in [9.17, 15) is 5.11 Å². The van der Waals surface area contributed by atoms with Crippen LogP contribution in [-0.2, 0) is 22.6 Å². The molecule has 3 heterocycles. The molecule has 2 aliphatic heterocycles. The maximum Gasteiger partial charge on any atom is 0.318 e. The summed E-state index contributed by atoms with van der Waals surface area (Å²) in [7, 11) is 1.64. The van der Waals surface area contributed by atoms with E-state index in [4.69, 9.17) is 14.2 Å². The van der Waals surface area contributed by atoms with Gasteiger partial charge in [0.1, 0.15) is 6.61 Å². The van der Waals surface area contributed by atoms with E-state index in [0.29, 0.717) is 44.5 Å². The monoisotopic (exact) mass is 429 g/mol. The Morgan fingerprint density at radius 1 is 1.10 bits per heavy atom. The third kappa shape index (κ3) is 5.82. The second-order valence-corrected chi connectivity index (χ2v) is 7.79. The summed E-state index contributed by atoms with van der Waals surface area (Å²) in [6.07, 6.45) is 3.34. The minimum Gasteiger partial charge on any atom is -0.461 e. The predicted octanol–water partition coefficient (Wildman–Crippen LogP) is 1.82. The standard InChI is InChI=1S/C22H31N5O4/c1-29-9-10-30-11-12-31-21-23-14-19-20(25-21)27(22(28)24-19)16-18-6-4-5-17(13-18)15-26-7-2-3-8-26/h4-6,13-14,22,24,28H,2-3,7-12,15-16H2,1H3. The number of rotatable bonds is 11. The molecule has 2 N–H and O–H groups in total. The highest BCUT2D eigenvalue weighted by molar-refractivity contribution is 5.70. The molecule has 2 aromatic rings. The summed E-state index contributed by atoms with van der Waals surface area (Å²) in [5.41, 5.74) is 3.10. The lowest BCUT2D eigenvalue weighted by atomic mass is 10.1. The largest absolute Gasteiger partial charge is 0.461 e. The topological polar surface area (TPSA) is 92.2 Å². The third-order valence-corrected chi connectivity index (χ3v) is 5.44. The summed E-state index contributed by atoms with van der Waals surface area (Å²) >= 11 is 0. The highest BCUT2D eigenvalue weighted by Gasteiger charge is 2.29. The predicted molar refractivity (Wildman–Crippen MR) is 117 cm³/mol. The molecule has 0 bridgehead atoms. The van der Waals surface area contributed by atoms with Crippen LogP contribution in [0.25, 0.3) is 0 Å². The van der Waals surface area contributed by atoms with Crippen molar-refractivity contribution in [2.45, 2.75) is 32.3 Å². The minimum atomic E-state index is -0.862. The molecule has 0 amide bonds. The van der Waals surface area contributed by atoms with Gasteiger partial charge in [-0.1, -0.05) is 24.3 Å². The Labute approximate surface area is 182 Å². The van der Waals surface area contributed by atoms with Gasteiger partial charge in [-0.2, -0.15) is 4.98 Å². The van der Waals surface area contributed by atoms with Gasteiger partial charge in [-0.3, -0.25) is 4.90 Å². The summed E-state index contributed by atoms with van der Waals surface area (Å²) < 4.78 is 15.9. The maximum absolute atomic E-state index is 10.5. The van der Waals surface area contributed by atoms with Crippen LogP contribution in [0, 0.1) is 0 Å². The molecule has 1 aromatic heterocycles. The molecule has 2 aliphatic rings. The van der Waals surface area contributed by atoms with Crippen LogP contribution < -0.4 is 15.0 Å². The summed E-state index contributed by atoms with van der Waals surface area (Å²) in [5, 5.41) is 13.5. The van der Waals surface area contributed by atoms with Crippen LogP contribution in [0.5, 0.6) is 6.01 Å². The number of hydrogen-bond donors (Lipinski definition) is 2. The lowest BCUT2D eigenvalue weighted by Crippen LogP contribution is -2.35. The highest BCUT2D eigenvalue weighted by Crippen LogP contribution is 2.33. The number of nitrogens with zero attached hydrogens (tertiary/aromatic N) is 4. The number of aliphatic hydroxyl groups is 1. The molecular formula is C22H31N5O4. The van der Waals surface area contributed by atoms with Gasteiger partial charge in [0.15, 0.2) is 5.82 Å². The van der Waals surface area contributed by atoms with Crippen LogP contribution >= 0.6 is 0 Å². The van der Waals surface area contributed by atoms with Gasteiger partial charge in [-0.15, -0.1) is 0 Å². The quantitative estimate of drug-likeness (QED) is 0.519. The average molecular weight is 430 g/mol. The number of nitrogens with one attached hydrogen (secondary N) is 1. The summed E-state index contributed by atoms with van der Waals surface area (Å²) in [5.74, 6) is 0.628. The lowest BCUT2D eigenvalue weighted by molar-refractivity contribution is 0.0528. The van der Waals surface area contributed by atoms with Crippen molar-refractivity contribution >= 4 is 11.5 Å². The van der Waals surface area contributed by atoms with E-state index in [1.165, 1.54) is 31.5 Å². The van der Waals surface area contributed by atoms with Crippen molar-refractivity contribution in [3.63, 3.8) is 0 Å². The highest BCUT2D eigenvalue weighted by atomic mass is 16.5. The van der Waals surface area contributed by atoms with Gasteiger partial charge >= 0.3 is 6.01 Å². The zero-order valence-corrected chi connectivity index (χ0v) is 18.0. The molecule has 9 nitrogen and oxygen atoms in total. The van der Waals surface area contributed by atoms with Crippen LogP contribution in [0.4, 0.5) is 11.5 Å². The molecule has 4 rings (SSSR count). The first-order chi connectivity index (χ1) is 15.2. The van der Waals surface area contributed by atoms with Crippen molar-refractivity contribution in [3.05, 3.63) is 41.6 Å². The SMILES string of the molecule is COCCOCCOc1ncc2c(n1)N(Cc1cccc(CN3CCCC3)c1)C(O)N2. The van der Waals surface area contributed by atoms with Gasteiger partial charge in [0.2, 0.25) is 6.35 Å². The number of aliphatic hydroxyl groups excluding tert-OH is 1. The van der Waals surface area contributed by atoms with Crippen molar-refractivity contribution < 1.29 is 19.3 Å². The fourth-order valence-electron chi connectivity index (χ4n) is 3.90. The number of methoxy groups -OCH3 is 1. The maximum atomic E-state index is 10.5. The van der Waals surface area contributed by atoms with E-state index in [2.05, 4.69) is 44.5 Å². The zero-order chi connectivity index (χ0) is 21.5. The number of ether oxygens (including phenoxy) is 3.